The molecule has 0 atom stereocenters. The summed E-state index contributed by atoms with van der Waals surface area (Å²) in [5.41, 5.74) is 6.69. The van der Waals surface area contributed by atoms with E-state index in [9.17, 15) is 4.79 Å². The Balaban J connectivity index is 0.00000162. The van der Waals surface area contributed by atoms with E-state index in [1.54, 1.807) is 24.5 Å². The van der Waals surface area contributed by atoms with Crippen molar-refractivity contribution in [3.8, 4) is 0 Å². The number of amides is 1. The Morgan fingerprint density at radius 2 is 1.79 bits per heavy atom. The molecule has 1 aromatic heterocycles. The van der Waals surface area contributed by atoms with Gasteiger partial charge in [0.05, 0.1) is 0 Å². The Kier molecular flexibility index (Phi) is 7.99. The summed E-state index contributed by atoms with van der Waals surface area (Å²) in [6.07, 6.45) is 8.84. The smallest absolute Gasteiger partial charge is 0.251 e. The molecule has 19 heavy (non-hydrogen) atoms. The number of carbonyl (C=O) groups excluding carboxylic acids is 1. The molecule has 0 bridgehead atoms. The molecular formula is C13H21Cl2N3O. The SMILES string of the molecule is Cl.Cl.NC1(CNC(=O)c2ccncc2)CCCCC1. The number of hydrogen-bond acceptors (Lipinski definition) is 3. The molecule has 0 radical (unpaired) electrons. The van der Waals surface area contributed by atoms with Crippen molar-refractivity contribution in [1.29, 1.82) is 0 Å². The second-order valence-corrected chi connectivity index (χ2v) is 4.84. The fourth-order valence-corrected chi connectivity index (χ4v) is 2.29. The number of pyridine rings is 1. The molecule has 2 rings (SSSR count). The van der Waals surface area contributed by atoms with E-state index in [2.05, 4.69) is 10.3 Å². The Bertz CT molecular complexity index is 381. The summed E-state index contributed by atoms with van der Waals surface area (Å²) >= 11 is 0. The number of hydrogen-bond donors (Lipinski definition) is 2. The summed E-state index contributed by atoms with van der Waals surface area (Å²) in [7, 11) is 0. The van der Waals surface area contributed by atoms with Gasteiger partial charge in [0.2, 0.25) is 0 Å². The van der Waals surface area contributed by atoms with Crippen molar-refractivity contribution in [2.24, 2.45) is 5.73 Å². The second-order valence-electron chi connectivity index (χ2n) is 4.84. The van der Waals surface area contributed by atoms with E-state index in [1.165, 1.54) is 19.3 Å². The summed E-state index contributed by atoms with van der Waals surface area (Å²) in [6, 6.07) is 3.42. The lowest BCUT2D eigenvalue weighted by molar-refractivity contribution is 0.0937. The van der Waals surface area contributed by atoms with E-state index in [1.807, 2.05) is 0 Å². The van der Waals surface area contributed by atoms with Gasteiger partial charge < -0.3 is 11.1 Å². The maximum atomic E-state index is 11.8. The molecule has 1 aliphatic carbocycles. The molecule has 108 valence electrons. The highest BCUT2D eigenvalue weighted by Crippen LogP contribution is 2.25. The van der Waals surface area contributed by atoms with E-state index in [4.69, 9.17) is 5.73 Å². The zero-order valence-electron chi connectivity index (χ0n) is 10.8. The van der Waals surface area contributed by atoms with Crippen LogP contribution in [0.1, 0.15) is 42.5 Å². The molecule has 0 unspecified atom stereocenters. The van der Waals surface area contributed by atoms with E-state index in [0.29, 0.717) is 12.1 Å². The van der Waals surface area contributed by atoms with Gasteiger partial charge in [-0.05, 0) is 25.0 Å². The summed E-state index contributed by atoms with van der Waals surface area (Å²) < 4.78 is 0. The zero-order chi connectivity index (χ0) is 12.1. The van der Waals surface area contributed by atoms with Crippen LogP contribution in [0.5, 0.6) is 0 Å². The van der Waals surface area contributed by atoms with Gasteiger partial charge in [0.15, 0.2) is 0 Å². The van der Waals surface area contributed by atoms with Crippen LogP contribution < -0.4 is 11.1 Å². The highest BCUT2D eigenvalue weighted by Gasteiger charge is 2.27. The highest BCUT2D eigenvalue weighted by molar-refractivity contribution is 5.94. The molecule has 1 amide bonds. The van der Waals surface area contributed by atoms with Crippen LogP contribution >= 0.6 is 24.8 Å². The molecular weight excluding hydrogens is 285 g/mol. The van der Waals surface area contributed by atoms with Crippen LogP contribution in [0.2, 0.25) is 0 Å². The first-order valence-electron chi connectivity index (χ1n) is 6.17. The Hall–Kier alpha value is -0.840. The van der Waals surface area contributed by atoms with Crippen molar-refractivity contribution in [2.75, 3.05) is 6.54 Å². The predicted molar refractivity (Wildman–Crippen MR) is 81.1 cm³/mol. The van der Waals surface area contributed by atoms with Crippen molar-refractivity contribution in [3.63, 3.8) is 0 Å². The first kappa shape index (κ1) is 18.2. The van der Waals surface area contributed by atoms with Crippen LogP contribution in [0, 0.1) is 0 Å². The minimum Gasteiger partial charge on any atom is -0.350 e. The third-order valence-corrected chi connectivity index (χ3v) is 3.39. The molecule has 1 heterocycles. The van der Waals surface area contributed by atoms with Crippen molar-refractivity contribution in [1.82, 2.24) is 10.3 Å². The number of halogens is 2. The number of nitrogens with zero attached hydrogens (tertiary/aromatic N) is 1. The normalized spacial score (nSPS) is 16.7. The number of rotatable bonds is 3. The minimum absolute atomic E-state index is 0. The summed E-state index contributed by atoms with van der Waals surface area (Å²) in [4.78, 5) is 15.7. The Labute approximate surface area is 126 Å². The predicted octanol–water partition coefficient (Wildman–Crippen LogP) is 2.32. The van der Waals surface area contributed by atoms with Gasteiger partial charge in [-0.15, -0.1) is 24.8 Å². The molecule has 1 saturated carbocycles. The minimum atomic E-state index is -0.207. The molecule has 1 aliphatic rings. The Morgan fingerprint density at radius 1 is 1.21 bits per heavy atom. The molecule has 1 aromatic rings. The third-order valence-electron chi connectivity index (χ3n) is 3.39. The number of aromatic nitrogens is 1. The standard InChI is InChI=1S/C13H19N3O.2ClH/c14-13(6-2-1-3-7-13)10-16-12(17)11-4-8-15-9-5-11;;/h4-5,8-9H,1-3,6-7,10,14H2,(H,16,17);2*1H. The van der Waals surface area contributed by atoms with Gasteiger partial charge >= 0.3 is 0 Å². The molecule has 6 heteroatoms. The zero-order valence-corrected chi connectivity index (χ0v) is 12.4. The third kappa shape index (κ3) is 5.35. The Morgan fingerprint density at radius 3 is 2.37 bits per heavy atom. The van der Waals surface area contributed by atoms with Crippen molar-refractivity contribution in [3.05, 3.63) is 30.1 Å². The largest absolute Gasteiger partial charge is 0.350 e. The fourth-order valence-electron chi connectivity index (χ4n) is 2.29. The van der Waals surface area contributed by atoms with Gasteiger partial charge in [-0.25, -0.2) is 0 Å². The van der Waals surface area contributed by atoms with Crippen molar-refractivity contribution >= 4 is 30.7 Å². The lowest BCUT2D eigenvalue weighted by Gasteiger charge is -2.33. The molecule has 4 nitrogen and oxygen atoms in total. The van der Waals surface area contributed by atoms with Gasteiger partial charge in [-0.2, -0.15) is 0 Å². The lowest BCUT2D eigenvalue weighted by atomic mass is 9.82. The van der Waals surface area contributed by atoms with Crippen LogP contribution in [0.15, 0.2) is 24.5 Å². The van der Waals surface area contributed by atoms with E-state index < -0.39 is 0 Å². The second kappa shape index (κ2) is 8.35. The van der Waals surface area contributed by atoms with Crippen molar-refractivity contribution in [2.45, 2.75) is 37.6 Å². The molecule has 1 fully saturated rings. The van der Waals surface area contributed by atoms with Crippen LogP contribution in [0.3, 0.4) is 0 Å². The van der Waals surface area contributed by atoms with E-state index >= 15 is 0 Å². The van der Waals surface area contributed by atoms with E-state index in [-0.39, 0.29) is 36.3 Å². The maximum absolute atomic E-state index is 11.8. The van der Waals surface area contributed by atoms with Crippen molar-refractivity contribution < 1.29 is 4.79 Å². The summed E-state index contributed by atoms with van der Waals surface area (Å²) in [5.74, 6) is -0.0669. The van der Waals surface area contributed by atoms with Gasteiger partial charge in [0.25, 0.3) is 5.91 Å². The fraction of sp³-hybridized carbons (Fsp3) is 0.538. The molecule has 0 aliphatic heterocycles. The molecule has 3 N–H and O–H groups in total. The number of nitrogens with one attached hydrogen (secondary N) is 1. The monoisotopic (exact) mass is 305 g/mol. The van der Waals surface area contributed by atoms with Crippen LogP contribution in [-0.4, -0.2) is 23.0 Å². The van der Waals surface area contributed by atoms with Crippen LogP contribution in [0.4, 0.5) is 0 Å². The summed E-state index contributed by atoms with van der Waals surface area (Å²) in [6.45, 7) is 0.564. The highest BCUT2D eigenvalue weighted by atomic mass is 35.5. The van der Waals surface area contributed by atoms with Crippen LogP contribution in [0.25, 0.3) is 0 Å². The average Bonchev–Trinajstić information content (AvgIpc) is 2.38. The van der Waals surface area contributed by atoms with Crippen LogP contribution in [-0.2, 0) is 0 Å². The number of nitrogens with two attached hydrogens (primary N) is 1. The quantitative estimate of drug-likeness (QED) is 0.900. The average molecular weight is 306 g/mol. The van der Waals surface area contributed by atoms with Gasteiger partial charge in [-0.1, -0.05) is 19.3 Å². The van der Waals surface area contributed by atoms with Gasteiger partial charge in [0, 0.05) is 30.0 Å². The first-order chi connectivity index (χ1) is 8.20. The topological polar surface area (TPSA) is 68.0 Å². The van der Waals surface area contributed by atoms with Gasteiger partial charge in [0.1, 0.15) is 0 Å². The lowest BCUT2D eigenvalue weighted by Crippen LogP contribution is -2.51. The number of carbonyl (C=O) groups is 1. The maximum Gasteiger partial charge on any atom is 0.251 e. The molecule has 0 saturated heterocycles. The van der Waals surface area contributed by atoms with Gasteiger partial charge in [-0.3, -0.25) is 9.78 Å². The molecule has 0 spiro atoms. The summed E-state index contributed by atoms with van der Waals surface area (Å²) in [5, 5.41) is 2.92. The molecule has 0 aromatic carbocycles. The first-order valence-corrected chi connectivity index (χ1v) is 6.17. The van der Waals surface area contributed by atoms with E-state index in [0.717, 1.165) is 12.8 Å².